The summed E-state index contributed by atoms with van der Waals surface area (Å²) in [5, 5.41) is 6.54. The second-order valence-electron chi connectivity index (χ2n) is 5.24. The van der Waals surface area contributed by atoms with Crippen LogP contribution in [0, 0.1) is 0 Å². The monoisotopic (exact) mass is 289 g/mol. The molecule has 0 atom stereocenters. The number of rotatable bonds is 8. The number of likely N-dealkylation sites (N-methyl/N-ethyl adjacent to an activating group) is 1. The van der Waals surface area contributed by atoms with E-state index >= 15 is 0 Å². The molecule has 1 amide bonds. The highest BCUT2D eigenvalue weighted by Gasteiger charge is 2.06. The van der Waals surface area contributed by atoms with Crippen LogP contribution in [0.25, 0.3) is 10.4 Å². The highest BCUT2D eigenvalue weighted by molar-refractivity contribution is 5.76. The summed E-state index contributed by atoms with van der Waals surface area (Å²) in [6.07, 6.45) is 0.963. The van der Waals surface area contributed by atoms with Gasteiger partial charge in [0.2, 0.25) is 5.91 Å². The summed E-state index contributed by atoms with van der Waals surface area (Å²) >= 11 is 0. The Bertz CT molecular complexity index is 509. The van der Waals surface area contributed by atoms with Crippen LogP contribution in [0.15, 0.2) is 29.4 Å². The fraction of sp³-hybridized carbons (Fsp3) is 0.533. The van der Waals surface area contributed by atoms with Gasteiger partial charge in [0.15, 0.2) is 0 Å². The van der Waals surface area contributed by atoms with E-state index in [1.807, 2.05) is 25.2 Å². The quantitative estimate of drug-likeness (QED) is 0.453. The van der Waals surface area contributed by atoms with Gasteiger partial charge >= 0.3 is 0 Å². The molecule has 1 rings (SSSR count). The molecule has 0 bridgehead atoms. The number of nitrogens with zero attached hydrogens (tertiary/aromatic N) is 4. The molecular weight excluding hydrogens is 266 g/mol. The molecule has 6 heteroatoms. The highest BCUT2D eigenvalue weighted by atomic mass is 16.1. The summed E-state index contributed by atoms with van der Waals surface area (Å²) in [5.74, 6) is 0.0166. The fourth-order valence-corrected chi connectivity index (χ4v) is 1.83. The fourth-order valence-electron chi connectivity index (χ4n) is 1.83. The van der Waals surface area contributed by atoms with E-state index in [4.69, 9.17) is 5.53 Å². The number of hydrogen-bond donors (Lipinski definition) is 1. The van der Waals surface area contributed by atoms with E-state index in [2.05, 4.69) is 34.1 Å². The van der Waals surface area contributed by atoms with Crippen molar-refractivity contribution in [1.29, 1.82) is 0 Å². The smallest absolute Gasteiger partial charge is 0.220 e. The van der Waals surface area contributed by atoms with Crippen molar-refractivity contribution in [1.82, 2.24) is 10.2 Å². The standard InChI is InChI=1S/C15H23N5O/c1-12(2)20(3)11-10-17-15(21)9-8-13-6-4-5-7-14(13)18-19-16/h4-7,12H,8-11H2,1-3H3,(H,17,21). The van der Waals surface area contributed by atoms with E-state index in [1.165, 1.54) is 0 Å². The minimum atomic E-state index is 0.0166. The summed E-state index contributed by atoms with van der Waals surface area (Å²) in [7, 11) is 2.03. The lowest BCUT2D eigenvalue weighted by Gasteiger charge is -2.20. The van der Waals surface area contributed by atoms with E-state index in [-0.39, 0.29) is 5.91 Å². The maximum atomic E-state index is 11.8. The predicted octanol–water partition coefficient (Wildman–Crippen LogP) is 3.02. The van der Waals surface area contributed by atoms with Crippen LogP contribution < -0.4 is 5.32 Å². The van der Waals surface area contributed by atoms with Crippen molar-refractivity contribution in [3.63, 3.8) is 0 Å². The lowest BCUT2D eigenvalue weighted by atomic mass is 10.1. The summed E-state index contributed by atoms with van der Waals surface area (Å²) in [5.41, 5.74) is 9.99. The average Bonchev–Trinajstić information content (AvgIpc) is 2.46. The van der Waals surface area contributed by atoms with Crippen LogP contribution >= 0.6 is 0 Å². The lowest BCUT2D eigenvalue weighted by molar-refractivity contribution is -0.121. The first-order chi connectivity index (χ1) is 10.0. The van der Waals surface area contributed by atoms with Crippen LogP contribution in [-0.4, -0.2) is 37.0 Å². The molecule has 1 aromatic carbocycles. The van der Waals surface area contributed by atoms with Crippen LogP contribution in [0.4, 0.5) is 5.69 Å². The minimum absolute atomic E-state index is 0.0166. The molecule has 0 saturated heterocycles. The van der Waals surface area contributed by atoms with E-state index in [1.54, 1.807) is 6.07 Å². The van der Waals surface area contributed by atoms with Crippen molar-refractivity contribution >= 4 is 11.6 Å². The highest BCUT2D eigenvalue weighted by Crippen LogP contribution is 2.20. The Kier molecular flexibility index (Phi) is 7.29. The summed E-state index contributed by atoms with van der Waals surface area (Å²) in [6, 6.07) is 7.79. The minimum Gasteiger partial charge on any atom is -0.355 e. The van der Waals surface area contributed by atoms with Gasteiger partial charge in [-0.05, 0) is 38.4 Å². The molecule has 0 aliphatic carbocycles. The van der Waals surface area contributed by atoms with Crippen LogP contribution in [-0.2, 0) is 11.2 Å². The van der Waals surface area contributed by atoms with Gasteiger partial charge in [-0.3, -0.25) is 4.79 Å². The van der Waals surface area contributed by atoms with Gasteiger partial charge in [-0.25, -0.2) is 0 Å². The Morgan fingerprint density at radius 3 is 2.81 bits per heavy atom. The van der Waals surface area contributed by atoms with Crippen LogP contribution in [0.3, 0.4) is 0 Å². The number of aryl methyl sites for hydroxylation is 1. The Labute approximate surface area is 125 Å². The molecule has 0 unspecified atom stereocenters. The van der Waals surface area contributed by atoms with Crippen molar-refractivity contribution in [3.8, 4) is 0 Å². The molecule has 0 fully saturated rings. The first-order valence-electron chi connectivity index (χ1n) is 7.14. The van der Waals surface area contributed by atoms with Crippen LogP contribution in [0.1, 0.15) is 25.8 Å². The molecule has 114 valence electrons. The molecule has 0 aliphatic rings. The van der Waals surface area contributed by atoms with Gasteiger partial charge in [0.1, 0.15) is 0 Å². The zero-order chi connectivity index (χ0) is 15.7. The third-order valence-corrected chi connectivity index (χ3v) is 3.43. The van der Waals surface area contributed by atoms with Crippen molar-refractivity contribution in [2.75, 3.05) is 20.1 Å². The van der Waals surface area contributed by atoms with Gasteiger partial charge in [0.05, 0.1) is 0 Å². The van der Waals surface area contributed by atoms with E-state index in [0.717, 1.165) is 12.1 Å². The van der Waals surface area contributed by atoms with E-state index in [9.17, 15) is 4.79 Å². The largest absolute Gasteiger partial charge is 0.355 e. The Balaban J connectivity index is 2.38. The summed E-state index contributed by atoms with van der Waals surface area (Å²) < 4.78 is 0. The normalized spacial score (nSPS) is 10.5. The molecule has 0 spiro atoms. The van der Waals surface area contributed by atoms with Gasteiger partial charge in [-0.15, -0.1) is 0 Å². The van der Waals surface area contributed by atoms with Crippen LogP contribution in [0.2, 0.25) is 0 Å². The first kappa shape index (κ1) is 17.0. The van der Waals surface area contributed by atoms with Gasteiger partial charge in [-0.1, -0.05) is 29.4 Å². The average molecular weight is 289 g/mol. The van der Waals surface area contributed by atoms with Gasteiger partial charge < -0.3 is 10.2 Å². The number of azide groups is 1. The van der Waals surface area contributed by atoms with Crippen LogP contribution in [0.5, 0.6) is 0 Å². The summed E-state index contributed by atoms with van der Waals surface area (Å²) in [4.78, 5) is 16.8. The molecular formula is C15H23N5O. The number of nitrogens with one attached hydrogen (secondary N) is 1. The third kappa shape index (κ3) is 6.29. The zero-order valence-corrected chi connectivity index (χ0v) is 12.9. The molecule has 0 aromatic heterocycles. The molecule has 0 saturated carbocycles. The van der Waals surface area contributed by atoms with E-state index < -0.39 is 0 Å². The number of benzene rings is 1. The van der Waals surface area contributed by atoms with Gasteiger partial charge in [0, 0.05) is 36.2 Å². The number of amides is 1. The molecule has 0 radical (unpaired) electrons. The Morgan fingerprint density at radius 2 is 2.14 bits per heavy atom. The molecule has 6 nitrogen and oxygen atoms in total. The Hall–Kier alpha value is -2.04. The van der Waals surface area contributed by atoms with E-state index in [0.29, 0.717) is 31.1 Å². The van der Waals surface area contributed by atoms with Crippen molar-refractivity contribution in [3.05, 3.63) is 40.3 Å². The third-order valence-electron chi connectivity index (χ3n) is 3.43. The van der Waals surface area contributed by atoms with Crippen molar-refractivity contribution in [2.24, 2.45) is 5.11 Å². The SMILES string of the molecule is CC(C)N(C)CCNC(=O)CCc1ccccc1N=[N+]=[N-]. The second kappa shape index (κ2) is 9.00. The molecule has 21 heavy (non-hydrogen) atoms. The Morgan fingerprint density at radius 1 is 1.43 bits per heavy atom. The van der Waals surface area contributed by atoms with Gasteiger partial charge in [-0.2, -0.15) is 0 Å². The molecule has 0 heterocycles. The topological polar surface area (TPSA) is 81.1 Å². The maximum Gasteiger partial charge on any atom is 0.220 e. The lowest BCUT2D eigenvalue weighted by Crippen LogP contribution is -2.36. The van der Waals surface area contributed by atoms with Crippen molar-refractivity contribution < 1.29 is 4.79 Å². The molecule has 1 N–H and O–H groups in total. The zero-order valence-electron chi connectivity index (χ0n) is 12.9. The number of carbonyl (C=O) groups is 1. The number of hydrogen-bond acceptors (Lipinski definition) is 3. The van der Waals surface area contributed by atoms with Gasteiger partial charge in [0.25, 0.3) is 0 Å². The second-order valence-corrected chi connectivity index (χ2v) is 5.24. The summed E-state index contributed by atoms with van der Waals surface area (Å²) in [6.45, 7) is 5.72. The van der Waals surface area contributed by atoms with Crippen molar-refractivity contribution in [2.45, 2.75) is 32.7 Å². The maximum absolute atomic E-state index is 11.8. The first-order valence-corrected chi connectivity index (χ1v) is 7.14. The predicted molar refractivity (Wildman–Crippen MR) is 84.3 cm³/mol. The molecule has 1 aromatic rings. The molecule has 0 aliphatic heterocycles. The number of carbonyl (C=O) groups excluding carboxylic acids is 1.